The highest BCUT2D eigenvalue weighted by Gasteiger charge is 2.16. The first-order chi connectivity index (χ1) is 16.7. The van der Waals surface area contributed by atoms with Crippen LogP contribution in [0.25, 0.3) is 0 Å². The first-order valence-corrected chi connectivity index (χ1v) is 12.4. The molecule has 2 heterocycles. The molecule has 35 heavy (non-hydrogen) atoms. The molecule has 2 aromatic carbocycles. The van der Waals surface area contributed by atoms with E-state index in [0.717, 1.165) is 0 Å². The maximum atomic E-state index is 12.5. The normalized spacial score (nSPS) is 11.2. The Balaban J connectivity index is 1.37. The largest absolute Gasteiger partial charge is 0.468 e. The fourth-order valence-electron chi connectivity index (χ4n) is 2.79. The van der Waals surface area contributed by atoms with Crippen LogP contribution in [-0.2, 0) is 16.8 Å². The molecule has 0 spiro atoms. The van der Waals surface area contributed by atoms with E-state index >= 15 is 0 Å². The van der Waals surface area contributed by atoms with Crippen LogP contribution in [-0.4, -0.2) is 34.3 Å². The molecule has 0 unspecified atom stereocenters. The number of carbonyl (C=O) groups excluding carboxylic acids is 1. The Labute approximate surface area is 214 Å². The number of halogens is 3. The summed E-state index contributed by atoms with van der Waals surface area (Å²) in [4.78, 5) is 12.5. The zero-order chi connectivity index (χ0) is 25.0. The van der Waals surface area contributed by atoms with Crippen LogP contribution in [0.1, 0.15) is 10.5 Å². The average molecular weight is 554 g/mol. The van der Waals surface area contributed by atoms with E-state index in [0.29, 0.717) is 21.5 Å². The Kier molecular flexibility index (Phi) is 7.41. The van der Waals surface area contributed by atoms with Crippen molar-refractivity contribution in [2.75, 3.05) is 10.0 Å². The third kappa shape index (κ3) is 6.20. The molecular weight excluding hydrogens is 539 g/mol. The van der Waals surface area contributed by atoms with Gasteiger partial charge in [-0.2, -0.15) is 5.10 Å². The van der Waals surface area contributed by atoms with Crippen LogP contribution in [0, 0.1) is 0 Å². The van der Waals surface area contributed by atoms with Crippen molar-refractivity contribution >= 4 is 62.2 Å². The molecule has 2 N–H and O–H groups in total. The van der Waals surface area contributed by atoms with E-state index in [9.17, 15) is 13.2 Å². The Morgan fingerprint density at radius 2 is 1.66 bits per heavy atom. The van der Waals surface area contributed by atoms with Gasteiger partial charge in [0, 0.05) is 11.9 Å². The number of para-hydroxylation sites is 1. The minimum atomic E-state index is -3.91. The summed E-state index contributed by atoms with van der Waals surface area (Å²) < 4.78 is 34.3. The average Bonchev–Trinajstić information content (AvgIpc) is 3.30. The number of nitrogens with one attached hydrogen (secondary N) is 2. The van der Waals surface area contributed by atoms with Crippen molar-refractivity contribution in [1.29, 1.82) is 0 Å². The number of rotatable bonds is 8. The fraction of sp³-hybridized carbons (Fsp3) is 0.0476. The van der Waals surface area contributed by atoms with Gasteiger partial charge in [-0.25, -0.2) is 13.1 Å². The van der Waals surface area contributed by atoms with Crippen LogP contribution in [0.4, 0.5) is 11.5 Å². The summed E-state index contributed by atoms with van der Waals surface area (Å²) in [5.74, 6) is -0.169. The van der Waals surface area contributed by atoms with Gasteiger partial charge in [-0.05, 0) is 54.6 Å². The second-order valence-electron chi connectivity index (χ2n) is 6.89. The molecule has 0 bridgehead atoms. The zero-order valence-corrected chi connectivity index (χ0v) is 20.6. The van der Waals surface area contributed by atoms with E-state index in [1.54, 1.807) is 24.4 Å². The molecule has 0 saturated carbocycles. The molecule has 0 radical (unpaired) electrons. The monoisotopic (exact) mass is 552 g/mol. The minimum Gasteiger partial charge on any atom is -0.468 e. The third-order valence-corrected chi connectivity index (χ3v) is 6.59. The maximum Gasteiger partial charge on any atom is 0.276 e. The lowest BCUT2D eigenvalue weighted by atomic mass is 10.3. The SMILES string of the molecule is O=C(Nc1ccc(S(=O)(=O)Nc2ccc(Cl)nn2)cc1)c1ccn(COc2c(Cl)cccc2Cl)n1. The number of anilines is 2. The molecule has 10 nitrogen and oxygen atoms in total. The van der Waals surface area contributed by atoms with Gasteiger partial charge in [0.2, 0.25) is 0 Å². The first kappa shape index (κ1) is 24.7. The maximum absolute atomic E-state index is 12.5. The predicted molar refractivity (Wildman–Crippen MR) is 132 cm³/mol. The molecule has 0 aliphatic heterocycles. The lowest BCUT2D eigenvalue weighted by molar-refractivity contribution is 0.102. The van der Waals surface area contributed by atoms with E-state index < -0.39 is 15.9 Å². The first-order valence-electron chi connectivity index (χ1n) is 9.75. The van der Waals surface area contributed by atoms with Gasteiger partial charge in [-0.1, -0.05) is 40.9 Å². The molecule has 0 saturated heterocycles. The molecule has 1 amide bonds. The van der Waals surface area contributed by atoms with Crippen LogP contribution in [0.5, 0.6) is 5.75 Å². The Hall–Kier alpha value is -3.38. The quantitative estimate of drug-likeness (QED) is 0.323. The van der Waals surface area contributed by atoms with Crippen LogP contribution in [0.3, 0.4) is 0 Å². The van der Waals surface area contributed by atoms with Crippen molar-refractivity contribution in [1.82, 2.24) is 20.0 Å². The summed E-state index contributed by atoms with van der Waals surface area (Å²) in [6, 6.07) is 14.8. The summed E-state index contributed by atoms with van der Waals surface area (Å²) in [6.07, 6.45) is 1.56. The van der Waals surface area contributed by atoms with Gasteiger partial charge in [-0.3, -0.25) is 9.52 Å². The molecular formula is C21H15Cl3N6O4S. The van der Waals surface area contributed by atoms with Crippen LogP contribution < -0.4 is 14.8 Å². The molecule has 4 rings (SSSR count). The van der Waals surface area contributed by atoms with Crippen molar-refractivity contribution in [3.63, 3.8) is 0 Å². The molecule has 14 heteroatoms. The molecule has 180 valence electrons. The summed E-state index contributed by atoms with van der Waals surface area (Å²) in [5.41, 5.74) is 0.493. The molecule has 2 aromatic heterocycles. The molecule has 0 fully saturated rings. The van der Waals surface area contributed by atoms with Crippen molar-refractivity contribution in [2.45, 2.75) is 11.6 Å². The summed E-state index contributed by atoms with van der Waals surface area (Å²) in [5, 5.41) is 14.9. The Morgan fingerprint density at radius 3 is 2.31 bits per heavy atom. The van der Waals surface area contributed by atoms with Crippen molar-refractivity contribution in [3.05, 3.63) is 87.8 Å². The number of benzene rings is 2. The highest BCUT2D eigenvalue weighted by Crippen LogP contribution is 2.32. The number of hydrogen-bond acceptors (Lipinski definition) is 7. The fourth-order valence-corrected chi connectivity index (χ4v) is 4.39. The molecule has 0 atom stereocenters. The van der Waals surface area contributed by atoms with Gasteiger partial charge < -0.3 is 10.1 Å². The predicted octanol–water partition coefficient (Wildman–Crippen LogP) is 4.72. The highest BCUT2D eigenvalue weighted by molar-refractivity contribution is 7.92. The smallest absolute Gasteiger partial charge is 0.276 e. The highest BCUT2D eigenvalue weighted by atomic mass is 35.5. The van der Waals surface area contributed by atoms with Gasteiger partial charge in [0.1, 0.15) is 0 Å². The van der Waals surface area contributed by atoms with Gasteiger partial charge in [0.05, 0.1) is 14.9 Å². The number of ether oxygens (including phenoxy) is 1. The van der Waals surface area contributed by atoms with Crippen molar-refractivity contribution < 1.29 is 17.9 Å². The second-order valence-corrected chi connectivity index (χ2v) is 9.77. The minimum absolute atomic E-state index is 0.0168. The van der Waals surface area contributed by atoms with Crippen LogP contribution in [0.15, 0.2) is 71.8 Å². The lowest BCUT2D eigenvalue weighted by Gasteiger charge is -2.09. The van der Waals surface area contributed by atoms with Gasteiger partial charge in [-0.15, -0.1) is 10.2 Å². The van der Waals surface area contributed by atoms with Gasteiger partial charge in [0.25, 0.3) is 15.9 Å². The number of sulfonamides is 1. The Morgan fingerprint density at radius 1 is 0.943 bits per heavy atom. The van der Waals surface area contributed by atoms with E-state index in [4.69, 9.17) is 39.5 Å². The second kappa shape index (κ2) is 10.5. The summed E-state index contributed by atoms with van der Waals surface area (Å²) in [6.45, 7) is -0.0196. The topological polar surface area (TPSA) is 128 Å². The van der Waals surface area contributed by atoms with Crippen molar-refractivity contribution in [3.8, 4) is 5.75 Å². The molecule has 4 aromatic rings. The number of carbonyl (C=O) groups is 1. The number of hydrogen-bond donors (Lipinski definition) is 2. The van der Waals surface area contributed by atoms with Crippen LogP contribution >= 0.6 is 34.8 Å². The van der Waals surface area contributed by atoms with E-state index in [1.165, 1.54) is 47.1 Å². The van der Waals surface area contributed by atoms with Gasteiger partial charge >= 0.3 is 0 Å². The molecule has 0 aliphatic rings. The summed E-state index contributed by atoms with van der Waals surface area (Å²) in [7, 11) is -3.91. The van der Waals surface area contributed by atoms with E-state index in [1.807, 2.05) is 0 Å². The number of amides is 1. The zero-order valence-electron chi connectivity index (χ0n) is 17.5. The Bertz CT molecular complexity index is 1440. The summed E-state index contributed by atoms with van der Waals surface area (Å²) >= 11 is 17.8. The number of aromatic nitrogens is 4. The third-order valence-electron chi connectivity index (χ3n) is 4.43. The number of nitrogens with zero attached hydrogens (tertiary/aromatic N) is 4. The van der Waals surface area contributed by atoms with Crippen LogP contribution in [0.2, 0.25) is 15.2 Å². The lowest BCUT2D eigenvalue weighted by Crippen LogP contribution is -2.16. The van der Waals surface area contributed by atoms with E-state index in [-0.39, 0.29) is 28.3 Å². The molecule has 0 aliphatic carbocycles. The van der Waals surface area contributed by atoms with Crippen molar-refractivity contribution in [2.24, 2.45) is 0 Å². The van der Waals surface area contributed by atoms with Gasteiger partial charge in [0.15, 0.2) is 29.1 Å². The standard InChI is InChI=1S/C21H15Cl3N6O4S/c22-15-2-1-3-16(23)20(15)34-12-30-11-10-17(28-30)21(31)25-13-4-6-14(7-5-13)35(32,33)29-19-9-8-18(24)26-27-19/h1-11H,12H2,(H,25,31)(H,27,29). The van der Waals surface area contributed by atoms with E-state index in [2.05, 4.69) is 25.3 Å².